The molecule has 2 N–H and O–H groups in total. The van der Waals surface area contributed by atoms with E-state index in [4.69, 9.17) is 9.79 Å². The van der Waals surface area contributed by atoms with Crippen molar-refractivity contribution >= 4 is 13.1 Å². The maximum absolute atomic E-state index is 10.1. The summed E-state index contributed by atoms with van der Waals surface area (Å²) in [7, 11) is -4.40. The molecule has 6 heteroatoms. The second-order valence-electron chi connectivity index (χ2n) is 1.29. The predicted molar refractivity (Wildman–Crippen MR) is 28.5 cm³/mol. The monoisotopic (exact) mass is 162 g/mol. The molecular weight excluding hydrogens is 154 g/mol. The van der Waals surface area contributed by atoms with Gasteiger partial charge in [0.1, 0.15) is 0 Å². The standard InChI is InChI=1S/C3H7O4P.Na.H/c1-2-3(4)8(5,6)7;;/h2H2,1H3,(H2,5,6,7);;/q;+1;-1. The van der Waals surface area contributed by atoms with Crippen LogP contribution in [0.4, 0.5) is 0 Å². The molecule has 50 valence electrons. The molecule has 0 fully saturated rings. The van der Waals surface area contributed by atoms with Gasteiger partial charge in [0.25, 0.3) is 0 Å². The zero-order valence-corrected chi connectivity index (χ0v) is 8.26. The summed E-state index contributed by atoms with van der Waals surface area (Å²) in [5.41, 5.74) is -1.00. The van der Waals surface area contributed by atoms with E-state index in [0.717, 1.165) is 0 Å². The first-order chi connectivity index (χ1) is 3.48. The Morgan fingerprint density at radius 1 is 1.67 bits per heavy atom. The molecule has 0 aliphatic rings. The van der Waals surface area contributed by atoms with Crippen LogP contribution in [0.5, 0.6) is 0 Å². The summed E-state index contributed by atoms with van der Waals surface area (Å²) in [6.07, 6.45) is -0.107. The second-order valence-corrected chi connectivity index (χ2v) is 2.88. The molecule has 4 nitrogen and oxygen atoms in total. The van der Waals surface area contributed by atoms with Crippen LogP contribution in [-0.4, -0.2) is 15.3 Å². The minimum Gasteiger partial charge on any atom is -1.00 e. The van der Waals surface area contributed by atoms with Crippen LogP contribution >= 0.6 is 7.60 Å². The van der Waals surface area contributed by atoms with E-state index in [9.17, 15) is 9.36 Å². The molecule has 0 aromatic heterocycles. The molecule has 0 aliphatic heterocycles. The van der Waals surface area contributed by atoms with Crippen molar-refractivity contribution in [3.8, 4) is 0 Å². The third-order valence-electron chi connectivity index (χ3n) is 0.627. The van der Waals surface area contributed by atoms with E-state index in [1.165, 1.54) is 6.92 Å². The van der Waals surface area contributed by atoms with Gasteiger partial charge in [-0.05, 0) is 0 Å². The minimum atomic E-state index is -4.40. The average molecular weight is 162 g/mol. The van der Waals surface area contributed by atoms with Crippen LogP contribution in [0.25, 0.3) is 0 Å². The zero-order valence-electron chi connectivity index (χ0n) is 6.37. The number of carbonyl (C=O) groups excluding carboxylic acids is 1. The largest absolute Gasteiger partial charge is 1.00 e. The van der Waals surface area contributed by atoms with Crippen molar-refractivity contribution in [2.24, 2.45) is 0 Å². The Balaban J connectivity index is -0.000000245. The Kier molecular flexibility index (Phi) is 6.39. The molecule has 0 amide bonds. The van der Waals surface area contributed by atoms with Gasteiger partial charge in [0.15, 0.2) is 0 Å². The smallest absolute Gasteiger partial charge is 1.00 e. The number of rotatable bonds is 2. The Morgan fingerprint density at radius 3 is 2.00 bits per heavy atom. The average Bonchev–Trinajstić information content (AvgIpc) is 1.62. The molecule has 0 bridgehead atoms. The molecule has 0 aromatic rings. The Morgan fingerprint density at radius 2 is 2.00 bits per heavy atom. The molecule has 0 aromatic carbocycles. The van der Waals surface area contributed by atoms with E-state index in [1.807, 2.05) is 0 Å². The van der Waals surface area contributed by atoms with E-state index < -0.39 is 13.1 Å². The van der Waals surface area contributed by atoms with Crippen LogP contribution in [-0.2, 0) is 9.36 Å². The van der Waals surface area contributed by atoms with Crippen LogP contribution in [0, 0.1) is 0 Å². The van der Waals surface area contributed by atoms with E-state index in [1.54, 1.807) is 0 Å². The van der Waals surface area contributed by atoms with Crippen LogP contribution in [0.1, 0.15) is 14.8 Å². The normalized spacial score (nSPS) is 10.1. The molecule has 0 heterocycles. The van der Waals surface area contributed by atoms with Crippen molar-refractivity contribution in [2.75, 3.05) is 0 Å². The van der Waals surface area contributed by atoms with Gasteiger partial charge in [-0.2, -0.15) is 0 Å². The summed E-state index contributed by atoms with van der Waals surface area (Å²) < 4.78 is 9.91. The van der Waals surface area contributed by atoms with Crippen molar-refractivity contribution in [1.82, 2.24) is 0 Å². The molecule has 0 rings (SSSR count). The maximum atomic E-state index is 10.1. The molecule has 0 spiro atoms. The zero-order chi connectivity index (χ0) is 6.78. The van der Waals surface area contributed by atoms with Gasteiger partial charge < -0.3 is 11.2 Å². The molecule has 0 radical (unpaired) electrons. The molecule has 0 aliphatic carbocycles. The van der Waals surface area contributed by atoms with Crippen molar-refractivity contribution in [1.29, 1.82) is 0 Å². The fraction of sp³-hybridized carbons (Fsp3) is 0.667. The predicted octanol–water partition coefficient (Wildman–Crippen LogP) is -2.78. The van der Waals surface area contributed by atoms with Crippen LogP contribution < -0.4 is 29.6 Å². The molecule has 0 saturated carbocycles. The molecular formula is C3H8NaO4P. The summed E-state index contributed by atoms with van der Waals surface area (Å²) in [6, 6.07) is 0. The van der Waals surface area contributed by atoms with Gasteiger partial charge >= 0.3 is 37.2 Å². The molecule has 0 atom stereocenters. The summed E-state index contributed by atoms with van der Waals surface area (Å²) in [6.45, 7) is 1.40. The van der Waals surface area contributed by atoms with Crippen LogP contribution in [0.15, 0.2) is 0 Å². The van der Waals surface area contributed by atoms with Crippen molar-refractivity contribution < 1.29 is 50.1 Å². The van der Waals surface area contributed by atoms with Crippen molar-refractivity contribution in [2.45, 2.75) is 13.3 Å². The van der Waals surface area contributed by atoms with E-state index in [2.05, 4.69) is 0 Å². The number of hydrogen-bond donors (Lipinski definition) is 2. The van der Waals surface area contributed by atoms with Gasteiger partial charge in [-0.3, -0.25) is 9.36 Å². The fourth-order valence-electron chi connectivity index (χ4n) is 0.206. The van der Waals surface area contributed by atoms with Gasteiger partial charge in [-0.1, -0.05) is 6.92 Å². The first-order valence-corrected chi connectivity index (χ1v) is 3.68. The second kappa shape index (κ2) is 4.61. The molecule has 9 heavy (non-hydrogen) atoms. The Hall–Kier alpha value is 0.820. The number of hydrogen-bond acceptors (Lipinski definition) is 2. The van der Waals surface area contributed by atoms with Gasteiger partial charge in [-0.15, -0.1) is 0 Å². The third-order valence-corrected chi connectivity index (χ3v) is 1.59. The topological polar surface area (TPSA) is 74.6 Å². The first-order valence-electron chi connectivity index (χ1n) is 2.07. The van der Waals surface area contributed by atoms with Gasteiger partial charge in [-0.25, -0.2) is 0 Å². The molecule has 0 saturated heterocycles. The number of carbonyl (C=O) groups is 1. The van der Waals surface area contributed by atoms with E-state index >= 15 is 0 Å². The fourth-order valence-corrected chi connectivity index (χ4v) is 0.618. The van der Waals surface area contributed by atoms with Crippen molar-refractivity contribution in [3.63, 3.8) is 0 Å². The molecule has 0 unspecified atom stereocenters. The van der Waals surface area contributed by atoms with Crippen LogP contribution in [0.3, 0.4) is 0 Å². The SMILES string of the molecule is CCC(=O)P(=O)(O)O.[H-].[Na+]. The maximum Gasteiger partial charge on any atom is 1.00 e. The van der Waals surface area contributed by atoms with E-state index in [0.29, 0.717) is 0 Å². The summed E-state index contributed by atoms with van der Waals surface area (Å²) >= 11 is 0. The first kappa shape index (κ1) is 12.5. The minimum absolute atomic E-state index is 0. The summed E-state index contributed by atoms with van der Waals surface area (Å²) in [4.78, 5) is 26.2. The van der Waals surface area contributed by atoms with Gasteiger partial charge in [0.2, 0.25) is 5.52 Å². The van der Waals surface area contributed by atoms with Gasteiger partial charge in [0, 0.05) is 6.42 Å². The Bertz CT molecular complexity index is 143. The van der Waals surface area contributed by atoms with Crippen molar-refractivity contribution in [3.05, 3.63) is 0 Å². The summed E-state index contributed by atoms with van der Waals surface area (Å²) in [5, 5.41) is 0. The summed E-state index contributed by atoms with van der Waals surface area (Å²) in [5.74, 6) is 0. The Labute approximate surface area is 76.6 Å². The van der Waals surface area contributed by atoms with Crippen LogP contribution in [0.2, 0.25) is 0 Å². The van der Waals surface area contributed by atoms with E-state index in [-0.39, 0.29) is 37.4 Å². The third kappa shape index (κ3) is 5.27. The van der Waals surface area contributed by atoms with Gasteiger partial charge in [0.05, 0.1) is 0 Å². The quantitative estimate of drug-likeness (QED) is 0.340.